The van der Waals surface area contributed by atoms with Gasteiger partial charge in [0.15, 0.2) is 0 Å². The molecule has 0 atom stereocenters. The van der Waals surface area contributed by atoms with Crippen LogP contribution in [0, 0.1) is 17.0 Å². The van der Waals surface area contributed by atoms with Crippen molar-refractivity contribution in [3.05, 3.63) is 33.4 Å². The number of carbonyl (C=O) groups is 1. The first-order valence-electron chi connectivity index (χ1n) is 6.22. The molecule has 0 saturated carbocycles. The van der Waals surface area contributed by atoms with Crippen molar-refractivity contribution in [1.82, 2.24) is 0 Å². The summed E-state index contributed by atoms with van der Waals surface area (Å²) in [5.41, 5.74) is 0.732. The third-order valence-corrected chi connectivity index (χ3v) is 3.61. The van der Waals surface area contributed by atoms with Crippen LogP contribution in [0.1, 0.15) is 28.8 Å². The fourth-order valence-corrected chi connectivity index (χ4v) is 2.28. The number of benzene rings is 1. The van der Waals surface area contributed by atoms with Crippen LogP contribution in [0.2, 0.25) is 0 Å². The van der Waals surface area contributed by atoms with Gasteiger partial charge in [-0.2, -0.15) is 11.8 Å². The van der Waals surface area contributed by atoms with E-state index in [4.69, 9.17) is 5.11 Å². The molecule has 1 aromatic carbocycles. The third-order valence-electron chi connectivity index (χ3n) is 2.91. The minimum Gasteiger partial charge on any atom is -0.478 e. The maximum absolute atomic E-state index is 11.0. The van der Waals surface area contributed by atoms with Crippen LogP contribution in [0.4, 0.5) is 11.4 Å². The molecule has 0 heterocycles. The van der Waals surface area contributed by atoms with Crippen LogP contribution >= 0.6 is 11.8 Å². The van der Waals surface area contributed by atoms with Crippen LogP contribution in [-0.4, -0.2) is 34.6 Å². The van der Waals surface area contributed by atoms with Crippen molar-refractivity contribution in [2.45, 2.75) is 19.8 Å². The van der Waals surface area contributed by atoms with Crippen molar-refractivity contribution in [2.75, 3.05) is 23.9 Å². The molecule has 0 aliphatic heterocycles. The lowest BCUT2D eigenvalue weighted by atomic mass is 10.1. The van der Waals surface area contributed by atoms with Gasteiger partial charge in [-0.15, -0.1) is 0 Å². The maximum Gasteiger partial charge on any atom is 0.336 e. The van der Waals surface area contributed by atoms with Crippen molar-refractivity contribution in [3.63, 3.8) is 0 Å². The van der Waals surface area contributed by atoms with Crippen LogP contribution in [-0.2, 0) is 0 Å². The Balaban J connectivity index is 2.88. The molecule has 1 aromatic rings. The zero-order valence-corrected chi connectivity index (χ0v) is 12.3. The predicted molar refractivity (Wildman–Crippen MR) is 80.9 cm³/mol. The van der Waals surface area contributed by atoms with Gasteiger partial charge in [0.1, 0.15) is 0 Å². The van der Waals surface area contributed by atoms with Gasteiger partial charge < -0.3 is 10.4 Å². The first kappa shape index (κ1) is 16.3. The summed E-state index contributed by atoms with van der Waals surface area (Å²) in [5, 5.41) is 23.0. The Morgan fingerprint density at radius 2 is 2.15 bits per heavy atom. The fourth-order valence-electron chi connectivity index (χ4n) is 1.79. The quantitative estimate of drug-likeness (QED) is 0.435. The van der Waals surface area contributed by atoms with Gasteiger partial charge in [0.25, 0.3) is 5.69 Å². The van der Waals surface area contributed by atoms with E-state index in [-0.39, 0.29) is 11.3 Å². The summed E-state index contributed by atoms with van der Waals surface area (Å²) in [6.07, 6.45) is 4.02. The van der Waals surface area contributed by atoms with E-state index in [2.05, 4.69) is 5.32 Å². The molecule has 0 saturated heterocycles. The Morgan fingerprint density at radius 3 is 2.70 bits per heavy atom. The van der Waals surface area contributed by atoms with Gasteiger partial charge in [-0.25, -0.2) is 4.79 Å². The van der Waals surface area contributed by atoms with Gasteiger partial charge in [0, 0.05) is 23.9 Å². The van der Waals surface area contributed by atoms with Crippen molar-refractivity contribution in [2.24, 2.45) is 0 Å². The van der Waals surface area contributed by atoms with Crippen molar-refractivity contribution in [1.29, 1.82) is 0 Å². The number of carboxylic acids is 1. The number of carboxylic acid groups (broad SMARTS) is 1. The van der Waals surface area contributed by atoms with Crippen molar-refractivity contribution < 1.29 is 14.8 Å². The standard InChI is InChI=1S/C13H18N2O4S/c1-9-11(14-5-3-4-6-20-2)7-10(13(16)17)8-12(9)15(18)19/h7-8,14H,3-6H2,1-2H3,(H,16,17). The third kappa shape index (κ3) is 4.41. The van der Waals surface area contributed by atoms with Gasteiger partial charge in [-0.3, -0.25) is 10.1 Å². The van der Waals surface area contributed by atoms with Crippen LogP contribution in [0.25, 0.3) is 0 Å². The highest BCUT2D eigenvalue weighted by molar-refractivity contribution is 7.98. The normalized spacial score (nSPS) is 10.3. The first-order valence-corrected chi connectivity index (χ1v) is 7.62. The Hall–Kier alpha value is -1.76. The number of rotatable bonds is 8. The molecule has 7 heteroatoms. The van der Waals surface area contributed by atoms with E-state index in [1.807, 2.05) is 6.26 Å². The largest absolute Gasteiger partial charge is 0.478 e. The Kier molecular flexibility index (Phi) is 6.30. The van der Waals surface area contributed by atoms with E-state index in [1.165, 1.54) is 6.07 Å². The summed E-state index contributed by atoms with van der Waals surface area (Å²) in [5.74, 6) is -0.103. The Morgan fingerprint density at radius 1 is 1.45 bits per heavy atom. The smallest absolute Gasteiger partial charge is 0.336 e. The minimum atomic E-state index is -1.17. The number of hydrogen-bond acceptors (Lipinski definition) is 5. The molecule has 110 valence electrons. The summed E-state index contributed by atoms with van der Waals surface area (Å²) in [6.45, 7) is 2.29. The average Bonchev–Trinajstić information content (AvgIpc) is 2.39. The number of thioether (sulfide) groups is 1. The van der Waals surface area contributed by atoms with E-state index >= 15 is 0 Å². The SMILES string of the molecule is CSCCCCNc1cc(C(=O)O)cc([N+](=O)[O-])c1C. The van der Waals surface area contributed by atoms with E-state index in [9.17, 15) is 14.9 Å². The zero-order valence-electron chi connectivity index (χ0n) is 11.5. The number of nitro benzene ring substituents is 1. The molecular weight excluding hydrogens is 280 g/mol. The fraction of sp³-hybridized carbons (Fsp3) is 0.462. The number of aromatic carboxylic acids is 1. The number of unbranched alkanes of at least 4 members (excludes halogenated alkanes) is 1. The molecule has 0 spiro atoms. The number of nitrogens with zero attached hydrogens (tertiary/aromatic N) is 1. The van der Waals surface area contributed by atoms with Crippen LogP contribution in [0.5, 0.6) is 0 Å². The molecule has 1 rings (SSSR count). The molecule has 2 N–H and O–H groups in total. The lowest BCUT2D eigenvalue weighted by molar-refractivity contribution is -0.385. The number of nitro groups is 1. The lowest BCUT2D eigenvalue weighted by Crippen LogP contribution is -2.07. The number of nitrogens with one attached hydrogen (secondary N) is 1. The van der Waals surface area contributed by atoms with E-state index < -0.39 is 10.9 Å². The molecule has 0 unspecified atom stereocenters. The summed E-state index contributed by atoms with van der Waals surface area (Å²) in [7, 11) is 0. The summed E-state index contributed by atoms with van der Waals surface area (Å²) in [4.78, 5) is 21.4. The molecule has 0 bridgehead atoms. The van der Waals surface area contributed by atoms with E-state index in [0.29, 0.717) is 17.8 Å². The Bertz CT molecular complexity index is 505. The summed E-state index contributed by atoms with van der Waals surface area (Å²) in [6, 6.07) is 2.54. The summed E-state index contributed by atoms with van der Waals surface area (Å²) < 4.78 is 0. The minimum absolute atomic E-state index is 0.0751. The van der Waals surface area contributed by atoms with Gasteiger partial charge in [0.2, 0.25) is 0 Å². The lowest BCUT2D eigenvalue weighted by Gasteiger charge is -2.11. The molecule has 0 aromatic heterocycles. The molecule has 0 aliphatic carbocycles. The number of anilines is 1. The van der Waals surface area contributed by atoms with Crippen molar-refractivity contribution >= 4 is 29.1 Å². The topological polar surface area (TPSA) is 92.5 Å². The van der Waals surface area contributed by atoms with Gasteiger partial charge >= 0.3 is 5.97 Å². The van der Waals surface area contributed by atoms with Gasteiger partial charge in [-0.05, 0) is 37.8 Å². The van der Waals surface area contributed by atoms with Crippen molar-refractivity contribution in [3.8, 4) is 0 Å². The molecule has 0 radical (unpaired) electrons. The summed E-state index contributed by atoms with van der Waals surface area (Å²) >= 11 is 1.77. The number of hydrogen-bond donors (Lipinski definition) is 2. The van der Waals surface area contributed by atoms with Crippen LogP contribution in [0.15, 0.2) is 12.1 Å². The first-order chi connectivity index (χ1) is 9.47. The van der Waals surface area contributed by atoms with E-state index in [0.717, 1.165) is 24.7 Å². The zero-order chi connectivity index (χ0) is 15.1. The van der Waals surface area contributed by atoms with Gasteiger partial charge in [0.05, 0.1) is 10.5 Å². The maximum atomic E-state index is 11.0. The second-order valence-electron chi connectivity index (χ2n) is 4.36. The predicted octanol–water partition coefficient (Wildman–Crippen LogP) is 3.16. The molecular formula is C13H18N2O4S. The highest BCUT2D eigenvalue weighted by Crippen LogP contribution is 2.27. The second-order valence-corrected chi connectivity index (χ2v) is 5.34. The Labute approximate surface area is 121 Å². The highest BCUT2D eigenvalue weighted by atomic mass is 32.2. The average molecular weight is 298 g/mol. The van der Waals surface area contributed by atoms with E-state index in [1.54, 1.807) is 18.7 Å². The molecule has 0 amide bonds. The molecule has 20 heavy (non-hydrogen) atoms. The van der Waals surface area contributed by atoms with Gasteiger partial charge in [-0.1, -0.05) is 0 Å². The van der Waals surface area contributed by atoms with Crippen LogP contribution < -0.4 is 5.32 Å². The monoisotopic (exact) mass is 298 g/mol. The molecule has 0 fully saturated rings. The highest BCUT2D eigenvalue weighted by Gasteiger charge is 2.18. The molecule has 0 aliphatic rings. The van der Waals surface area contributed by atoms with Crippen LogP contribution in [0.3, 0.4) is 0 Å². The second kappa shape index (κ2) is 7.74. The molecule has 6 nitrogen and oxygen atoms in total.